The van der Waals surface area contributed by atoms with Crippen LogP contribution in [0.3, 0.4) is 0 Å². The van der Waals surface area contributed by atoms with Gasteiger partial charge in [0.25, 0.3) is 0 Å². The first-order valence-corrected chi connectivity index (χ1v) is 6.58. The lowest BCUT2D eigenvalue weighted by atomic mass is 9.75. The van der Waals surface area contributed by atoms with E-state index < -0.39 is 0 Å². The molecule has 3 nitrogen and oxygen atoms in total. The summed E-state index contributed by atoms with van der Waals surface area (Å²) in [5, 5.41) is 10.1. The molecular weight excluding hydrogens is 202 g/mol. The summed E-state index contributed by atoms with van der Waals surface area (Å²) in [6.07, 6.45) is 3.32. The van der Waals surface area contributed by atoms with Crippen molar-refractivity contribution in [1.82, 2.24) is 0 Å². The maximum Gasteiger partial charge on any atom is 0.0585 e. The van der Waals surface area contributed by atoms with Crippen LogP contribution in [0.4, 0.5) is 0 Å². The number of aliphatic hydroxyl groups excluding tert-OH is 1. The van der Waals surface area contributed by atoms with E-state index in [0.29, 0.717) is 24.5 Å². The number of nitrogens with two attached hydrogens (primary N) is 1. The summed E-state index contributed by atoms with van der Waals surface area (Å²) in [4.78, 5) is 0. The molecule has 0 aromatic heterocycles. The Morgan fingerprint density at radius 3 is 2.44 bits per heavy atom. The summed E-state index contributed by atoms with van der Waals surface area (Å²) in [5.41, 5.74) is 5.70. The molecule has 0 saturated heterocycles. The second-order valence-electron chi connectivity index (χ2n) is 5.36. The van der Waals surface area contributed by atoms with Gasteiger partial charge in [0.15, 0.2) is 0 Å². The smallest absolute Gasteiger partial charge is 0.0585 e. The lowest BCUT2D eigenvalue weighted by Crippen LogP contribution is -2.38. The lowest BCUT2D eigenvalue weighted by Gasteiger charge is -2.38. The Morgan fingerprint density at radius 1 is 1.38 bits per heavy atom. The average molecular weight is 229 g/mol. The van der Waals surface area contributed by atoms with Crippen molar-refractivity contribution in [3.63, 3.8) is 0 Å². The monoisotopic (exact) mass is 229 g/mol. The Balaban J connectivity index is 2.22. The summed E-state index contributed by atoms with van der Waals surface area (Å²) in [6.45, 7) is 7.68. The zero-order chi connectivity index (χ0) is 12.1. The summed E-state index contributed by atoms with van der Waals surface area (Å²) in [5.74, 6) is 1.34. The Bertz CT molecular complexity index is 190. The second kappa shape index (κ2) is 6.58. The summed E-state index contributed by atoms with van der Waals surface area (Å²) in [7, 11) is 0. The van der Waals surface area contributed by atoms with Crippen LogP contribution in [0.5, 0.6) is 0 Å². The molecule has 2 unspecified atom stereocenters. The first kappa shape index (κ1) is 13.9. The number of aliphatic hydroxyl groups is 1. The third kappa shape index (κ3) is 3.72. The molecule has 3 N–H and O–H groups in total. The molecule has 0 aromatic rings. The maximum absolute atomic E-state index is 10.1. The molecule has 0 radical (unpaired) electrons. The predicted octanol–water partition coefficient (Wildman–Crippen LogP) is 1.78. The van der Waals surface area contributed by atoms with Gasteiger partial charge < -0.3 is 15.6 Å². The van der Waals surface area contributed by atoms with Crippen LogP contribution in [-0.4, -0.2) is 30.5 Å². The SMILES string of the molecule is CCOC1CC(CC(O)C(CN)C(C)C)C1. The van der Waals surface area contributed by atoms with E-state index in [1.54, 1.807) is 0 Å². The largest absolute Gasteiger partial charge is 0.393 e. The van der Waals surface area contributed by atoms with E-state index in [4.69, 9.17) is 10.5 Å². The van der Waals surface area contributed by atoms with Crippen LogP contribution in [0.2, 0.25) is 0 Å². The van der Waals surface area contributed by atoms with Crippen molar-refractivity contribution in [2.75, 3.05) is 13.2 Å². The van der Waals surface area contributed by atoms with Crippen molar-refractivity contribution < 1.29 is 9.84 Å². The van der Waals surface area contributed by atoms with Crippen LogP contribution in [0.25, 0.3) is 0 Å². The van der Waals surface area contributed by atoms with E-state index in [9.17, 15) is 5.11 Å². The molecule has 0 amide bonds. The molecule has 1 fully saturated rings. The Hall–Kier alpha value is -0.120. The fourth-order valence-electron chi connectivity index (χ4n) is 2.63. The highest BCUT2D eigenvalue weighted by atomic mass is 16.5. The van der Waals surface area contributed by atoms with Gasteiger partial charge in [-0.1, -0.05) is 13.8 Å². The van der Waals surface area contributed by atoms with Crippen molar-refractivity contribution in [3.05, 3.63) is 0 Å². The van der Waals surface area contributed by atoms with Gasteiger partial charge in [0, 0.05) is 6.61 Å². The third-order valence-electron chi connectivity index (χ3n) is 3.79. The van der Waals surface area contributed by atoms with E-state index in [0.717, 1.165) is 25.9 Å². The molecule has 1 aliphatic rings. The molecule has 0 heterocycles. The Morgan fingerprint density at radius 2 is 2.00 bits per heavy atom. The zero-order valence-electron chi connectivity index (χ0n) is 10.9. The van der Waals surface area contributed by atoms with Crippen LogP contribution in [-0.2, 0) is 4.74 Å². The summed E-state index contributed by atoms with van der Waals surface area (Å²) >= 11 is 0. The standard InChI is InChI=1S/C13H27NO2/c1-4-16-11-5-10(6-11)7-13(15)12(8-14)9(2)3/h9-13,15H,4-8,14H2,1-3H3. The van der Waals surface area contributed by atoms with Gasteiger partial charge in [0.1, 0.15) is 0 Å². The highest BCUT2D eigenvalue weighted by molar-refractivity contribution is 4.84. The van der Waals surface area contributed by atoms with Gasteiger partial charge in [-0.2, -0.15) is 0 Å². The number of hydrogen-bond donors (Lipinski definition) is 2. The fourth-order valence-corrected chi connectivity index (χ4v) is 2.63. The van der Waals surface area contributed by atoms with Crippen LogP contribution in [0.15, 0.2) is 0 Å². The number of ether oxygens (including phenoxy) is 1. The van der Waals surface area contributed by atoms with Gasteiger partial charge in [-0.05, 0) is 50.5 Å². The number of hydrogen-bond acceptors (Lipinski definition) is 3. The highest BCUT2D eigenvalue weighted by Crippen LogP contribution is 2.35. The first-order chi connectivity index (χ1) is 7.58. The molecular formula is C13H27NO2. The molecule has 16 heavy (non-hydrogen) atoms. The molecule has 1 saturated carbocycles. The molecule has 3 heteroatoms. The van der Waals surface area contributed by atoms with Gasteiger partial charge in [-0.25, -0.2) is 0 Å². The third-order valence-corrected chi connectivity index (χ3v) is 3.79. The van der Waals surface area contributed by atoms with E-state index >= 15 is 0 Å². The van der Waals surface area contributed by atoms with Gasteiger partial charge >= 0.3 is 0 Å². The number of rotatable bonds is 7. The van der Waals surface area contributed by atoms with Crippen LogP contribution >= 0.6 is 0 Å². The molecule has 0 aliphatic heterocycles. The molecule has 0 spiro atoms. The van der Waals surface area contributed by atoms with Crippen molar-refractivity contribution >= 4 is 0 Å². The summed E-state index contributed by atoms with van der Waals surface area (Å²) < 4.78 is 5.52. The fraction of sp³-hybridized carbons (Fsp3) is 1.00. The summed E-state index contributed by atoms with van der Waals surface area (Å²) in [6, 6.07) is 0. The minimum atomic E-state index is -0.238. The van der Waals surface area contributed by atoms with E-state index in [2.05, 4.69) is 13.8 Å². The maximum atomic E-state index is 10.1. The van der Waals surface area contributed by atoms with Crippen molar-refractivity contribution in [1.29, 1.82) is 0 Å². The molecule has 0 bridgehead atoms. The van der Waals surface area contributed by atoms with Crippen LogP contribution < -0.4 is 5.73 Å². The molecule has 2 atom stereocenters. The Labute approximate surface area is 99.4 Å². The van der Waals surface area contributed by atoms with Crippen molar-refractivity contribution in [2.45, 2.75) is 52.2 Å². The van der Waals surface area contributed by atoms with Crippen molar-refractivity contribution in [3.8, 4) is 0 Å². The quantitative estimate of drug-likeness (QED) is 0.699. The van der Waals surface area contributed by atoms with Crippen molar-refractivity contribution in [2.24, 2.45) is 23.5 Å². The zero-order valence-corrected chi connectivity index (χ0v) is 10.9. The lowest BCUT2D eigenvalue weighted by molar-refractivity contribution is -0.0457. The molecule has 1 rings (SSSR count). The highest BCUT2D eigenvalue weighted by Gasteiger charge is 2.33. The molecule has 1 aliphatic carbocycles. The van der Waals surface area contributed by atoms with Crippen LogP contribution in [0.1, 0.15) is 40.0 Å². The predicted molar refractivity (Wildman–Crippen MR) is 66.1 cm³/mol. The van der Waals surface area contributed by atoms with Crippen LogP contribution in [0, 0.1) is 17.8 Å². The molecule has 0 aromatic carbocycles. The van der Waals surface area contributed by atoms with E-state index in [1.165, 1.54) is 0 Å². The topological polar surface area (TPSA) is 55.5 Å². The second-order valence-corrected chi connectivity index (χ2v) is 5.36. The minimum absolute atomic E-state index is 0.238. The van der Waals surface area contributed by atoms with E-state index in [-0.39, 0.29) is 12.0 Å². The first-order valence-electron chi connectivity index (χ1n) is 6.58. The molecule has 96 valence electrons. The van der Waals surface area contributed by atoms with E-state index in [1.807, 2.05) is 6.92 Å². The normalized spacial score (nSPS) is 28.9. The van der Waals surface area contributed by atoms with Gasteiger partial charge in [-0.15, -0.1) is 0 Å². The minimum Gasteiger partial charge on any atom is -0.393 e. The Kier molecular flexibility index (Phi) is 5.73. The van der Waals surface area contributed by atoms with Gasteiger partial charge in [-0.3, -0.25) is 0 Å². The van der Waals surface area contributed by atoms with Gasteiger partial charge in [0.05, 0.1) is 12.2 Å². The van der Waals surface area contributed by atoms with Gasteiger partial charge in [0.2, 0.25) is 0 Å². The average Bonchev–Trinajstić information content (AvgIpc) is 2.15.